The number of carbonyl (C=O) groups is 1. The summed E-state index contributed by atoms with van der Waals surface area (Å²) in [5, 5.41) is 2.65. The number of ether oxygens (including phenoxy) is 1. The second-order valence-corrected chi connectivity index (χ2v) is 13.8. The van der Waals surface area contributed by atoms with Gasteiger partial charge in [-0.2, -0.15) is 26.3 Å². The molecule has 1 fully saturated rings. The zero-order valence-corrected chi connectivity index (χ0v) is 26.5. The Kier molecular flexibility index (Phi) is 10.0. The number of halogens is 9. The first-order chi connectivity index (χ1) is 23.4. The number of nitrogens with zero attached hydrogens (tertiary/aromatic N) is 1. The van der Waals surface area contributed by atoms with Gasteiger partial charge in [0.2, 0.25) is 0 Å². The van der Waals surface area contributed by atoms with E-state index in [1.165, 1.54) is 0 Å². The maximum absolute atomic E-state index is 14.5. The molecular weight excluding hydrogens is 703 g/mol. The molecule has 266 valence electrons. The lowest BCUT2D eigenvalue weighted by Crippen LogP contribution is -2.56. The highest BCUT2D eigenvalue weighted by Crippen LogP contribution is 2.54. The molecule has 2 amide bonds. The third-order valence-corrected chi connectivity index (χ3v) is 11.0. The van der Waals surface area contributed by atoms with Crippen LogP contribution in [-0.4, -0.2) is 44.8 Å². The van der Waals surface area contributed by atoms with Crippen molar-refractivity contribution < 1.29 is 57.5 Å². The molecule has 16 heteroatoms. The fourth-order valence-corrected chi connectivity index (χ4v) is 7.96. The minimum Gasteiger partial charge on any atom is -0.349 e. The van der Waals surface area contributed by atoms with Crippen LogP contribution in [0.3, 0.4) is 0 Å². The van der Waals surface area contributed by atoms with Crippen LogP contribution in [0.5, 0.6) is 0 Å². The van der Waals surface area contributed by atoms with Crippen LogP contribution in [0.1, 0.15) is 28.7 Å². The molecule has 1 aliphatic rings. The summed E-state index contributed by atoms with van der Waals surface area (Å²) in [6.07, 6.45) is -12.8. The standard InChI is InChI=1S/C34H27F9N2O4S/c35-25-13-15-26(16-14-25)50(47,48)31(17-18-45(21-31)30(46)44-19-22-5-2-1-3-6-22)23-9-11-24(12-10-23)32(33(38,39)40,34(41,42)43)49-20-27-28(36)7-4-8-29(27)37/h1-16H,17-21H2,(H,44,46). The van der Waals surface area contributed by atoms with Crippen LogP contribution in [0.25, 0.3) is 0 Å². The highest BCUT2D eigenvalue weighted by Gasteiger charge is 2.73. The molecule has 0 spiro atoms. The molecule has 1 saturated heterocycles. The van der Waals surface area contributed by atoms with Crippen LogP contribution in [-0.2, 0) is 38.1 Å². The number of alkyl halides is 6. The highest BCUT2D eigenvalue weighted by atomic mass is 32.2. The first-order valence-corrected chi connectivity index (χ1v) is 16.3. The molecule has 6 nitrogen and oxygen atoms in total. The first-order valence-electron chi connectivity index (χ1n) is 14.8. The number of amides is 2. The van der Waals surface area contributed by atoms with Crippen LogP contribution in [0.15, 0.2) is 102 Å². The van der Waals surface area contributed by atoms with E-state index in [1.807, 2.05) is 0 Å². The Morgan fingerprint density at radius 1 is 0.780 bits per heavy atom. The van der Waals surface area contributed by atoms with E-state index < -0.39 is 85.2 Å². The summed E-state index contributed by atoms with van der Waals surface area (Å²) < 4.78 is 160. The van der Waals surface area contributed by atoms with Crippen LogP contribution < -0.4 is 5.32 Å². The molecule has 1 atom stereocenters. The molecule has 1 heterocycles. The van der Waals surface area contributed by atoms with Gasteiger partial charge in [0, 0.05) is 30.8 Å². The van der Waals surface area contributed by atoms with Crippen molar-refractivity contribution in [3.63, 3.8) is 0 Å². The van der Waals surface area contributed by atoms with E-state index in [0.29, 0.717) is 24.3 Å². The Morgan fingerprint density at radius 3 is 1.92 bits per heavy atom. The van der Waals surface area contributed by atoms with Gasteiger partial charge in [0.1, 0.15) is 22.2 Å². The maximum atomic E-state index is 14.5. The second kappa shape index (κ2) is 13.6. The van der Waals surface area contributed by atoms with E-state index in [2.05, 4.69) is 10.1 Å². The Balaban J connectivity index is 1.56. The fourth-order valence-electron chi connectivity index (χ4n) is 5.88. The smallest absolute Gasteiger partial charge is 0.349 e. The molecule has 1 N–H and O–H groups in total. The lowest BCUT2D eigenvalue weighted by Gasteiger charge is -2.38. The minimum absolute atomic E-state index is 0.0658. The summed E-state index contributed by atoms with van der Waals surface area (Å²) in [7, 11) is -4.61. The number of nitrogens with one attached hydrogen (secondary N) is 1. The van der Waals surface area contributed by atoms with E-state index in [9.17, 15) is 52.7 Å². The Bertz CT molecular complexity index is 1900. The normalized spacial score (nSPS) is 17.2. The predicted octanol–water partition coefficient (Wildman–Crippen LogP) is 7.93. The first kappa shape index (κ1) is 36.7. The molecule has 0 bridgehead atoms. The van der Waals surface area contributed by atoms with Gasteiger partial charge < -0.3 is 15.0 Å². The maximum Gasteiger partial charge on any atom is 0.430 e. The molecule has 50 heavy (non-hydrogen) atoms. The molecular formula is C34H27F9N2O4S. The number of benzene rings is 4. The molecule has 4 aromatic carbocycles. The molecule has 1 aliphatic heterocycles. The van der Waals surface area contributed by atoms with Gasteiger partial charge >= 0.3 is 18.4 Å². The van der Waals surface area contributed by atoms with Crippen LogP contribution >= 0.6 is 0 Å². The van der Waals surface area contributed by atoms with Gasteiger partial charge in [-0.25, -0.2) is 26.4 Å². The SMILES string of the molecule is O=C(NCc1ccccc1)N1CCC(c2ccc(C(OCc3c(F)cccc3F)(C(F)(F)F)C(F)(F)F)cc2)(S(=O)(=O)c2ccc(F)cc2)C1. The average Bonchev–Trinajstić information content (AvgIpc) is 3.52. The monoisotopic (exact) mass is 730 g/mol. The van der Waals surface area contributed by atoms with E-state index in [-0.39, 0.29) is 25.1 Å². The molecule has 5 rings (SSSR count). The lowest BCUT2D eigenvalue weighted by molar-refractivity contribution is -0.392. The van der Waals surface area contributed by atoms with Gasteiger partial charge in [0.05, 0.1) is 11.5 Å². The van der Waals surface area contributed by atoms with Crippen molar-refractivity contribution in [3.05, 3.63) is 137 Å². The number of hydrogen-bond acceptors (Lipinski definition) is 4. The molecule has 0 saturated carbocycles. The third-order valence-electron chi connectivity index (χ3n) is 8.55. The van der Waals surface area contributed by atoms with Gasteiger partial charge in [0.15, 0.2) is 9.84 Å². The summed E-state index contributed by atoms with van der Waals surface area (Å²) >= 11 is 0. The summed E-state index contributed by atoms with van der Waals surface area (Å²) in [4.78, 5) is 13.9. The number of carbonyl (C=O) groups excluding carboxylic acids is 1. The Morgan fingerprint density at radius 2 is 1.36 bits per heavy atom. The summed E-state index contributed by atoms with van der Waals surface area (Å²) in [5.74, 6) is -3.66. The predicted molar refractivity (Wildman–Crippen MR) is 162 cm³/mol. The van der Waals surface area contributed by atoms with Crippen molar-refractivity contribution in [2.24, 2.45) is 0 Å². The van der Waals surface area contributed by atoms with E-state index in [1.54, 1.807) is 30.3 Å². The molecule has 0 radical (unpaired) electrons. The van der Waals surface area contributed by atoms with Crippen molar-refractivity contribution in [1.82, 2.24) is 10.2 Å². The Hall–Kier alpha value is -4.57. The van der Waals surface area contributed by atoms with Crippen molar-refractivity contribution in [1.29, 1.82) is 0 Å². The summed E-state index contributed by atoms with van der Waals surface area (Å²) in [6.45, 7) is -2.46. The summed E-state index contributed by atoms with van der Waals surface area (Å²) in [5.41, 5.74) is -7.39. The van der Waals surface area contributed by atoms with Crippen molar-refractivity contribution in [3.8, 4) is 0 Å². The number of hydrogen-bond donors (Lipinski definition) is 1. The van der Waals surface area contributed by atoms with E-state index in [0.717, 1.165) is 52.9 Å². The van der Waals surface area contributed by atoms with Gasteiger partial charge in [-0.05, 0) is 53.9 Å². The topological polar surface area (TPSA) is 75.7 Å². The van der Waals surface area contributed by atoms with Crippen LogP contribution in [0, 0.1) is 17.5 Å². The van der Waals surface area contributed by atoms with E-state index >= 15 is 0 Å². The van der Waals surface area contributed by atoms with Crippen molar-refractivity contribution >= 4 is 15.9 Å². The van der Waals surface area contributed by atoms with Gasteiger partial charge in [0.25, 0.3) is 5.60 Å². The van der Waals surface area contributed by atoms with Crippen LogP contribution in [0.4, 0.5) is 44.3 Å². The lowest BCUT2D eigenvalue weighted by atomic mass is 9.88. The number of urea groups is 1. The third kappa shape index (κ3) is 6.65. The second-order valence-electron chi connectivity index (χ2n) is 11.5. The van der Waals surface area contributed by atoms with Gasteiger partial charge in [-0.15, -0.1) is 0 Å². The zero-order chi connectivity index (χ0) is 36.5. The fraction of sp³-hybridized carbons (Fsp3) is 0.265. The molecule has 0 aliphatic carbocycles. The molecule has 0 aromatic heterocycles. The zero-order valence-electron chi connectivity index (χ0n) is 25.7. The summed E-state index contributed by atoms with van der Waals surface area (Å²) in [6, 6.07) is 16.0. The number of rotatable bonds is 9. The van der Waals surface area contributed by atoms with E-state index in [4.69, 9.17) is 0 Å². The van der Waals surface area contributed by atoms with Crippen molar-refractivity contribution in [2.45, 2.75) is 47.2 Å². The largest absolute Gasteiger partial charge is 0.430 e. The number of likely N-dealkylation sites (tertiary alicyclic amines) is 1. The average molecular weight is 731 g/mol. The van der Waals surface area contributed by atoms with Gasteiger partial charge in [-0.1, -0.05) is 60.7 Å². The quantitative estimate of drug-likeness (QED) is 0.140. The molecule has 4 aromatic rings. The number of sulfone groups is 1. The van der Waals surface area contributed by atoms with Crippen molar-refractivity contribution in [2.75, 3.05) is 13.1 Å². The Labute approximate surface area is 280 Å². The minimum atomic E-state index is -6.23. The van der Waals surface area contributed by atoms with Crippen LogP contribution in [0.2, 0.25) is 0 Å². The molecule has 1 unspecified atom stereocenters. The highest BCUT2D eigenvalue weighted by molar-refractivity contribution is 7.92. The van der Waals surface area contributed by atoms with Gasteiger partial charge in [-0.3, -0.25) is 0 Å².